The molecule has 3 rings (SSSR count). The zero-order valence-corrected chi connectivity index (χ0v) is 16.3. The molecule has 0 atom stereocenters. The molecule has 0 aliphatic carbocycles. The summed E-state index contributed by atoms with van der Waals surface area (Å²) in [6, 6.07) is 9.36. The average molecular weight is 437 g/mol. The van der Waals surface area contributed by atoms with Crippen LogP contribution in [0.3, 0.4) is 0 Å². The Labute approximate surface area is 175 Å². The minimum absolute atomic E-state index is 0.130. The highest BCUT2D eigenvalue weighted by Gasteiger charge is 2.31. The van der Waals surface area contributed by atoms with E-state index < -0.39 is 29.4 Å². The number of hydrogen-bond acceptors (Lipinski definition) is 3. The van der Waals surface area contributed by atoms with Gasteiger partial charge in [0, 0.05) is 31.7 Å². The fourth-order valence-corrected chi connectivity index (χ4v) is 3.15. The van der Waals surface area contributed by atoms with Gasteiger partial charge < -0.3 is 15.1 Å². The topological polar surface area (TPSA) is 69.7 Å². The van der Waals surface area contributed by atoms with Crippen LogP contribution in [0.1, 0.15) is 26.3 Å². The smallest absolute Gasteiger partial charge is 0.343 e. The van der Waals surface area contributed by atoms with Gasteiger partial charge in [0.2, 0.25) is 5.91 Å². The van der Waals surface area contributed by atoms with E-state index in [0.29, 0.717) is 0 Å². The normalized spacial score (nSPS) is 14.3. The summed E-state index contributed by atoms with van der Waals surface area (Å²) in [7, 11) is 0. The number of nitrogens with zero attached hydrogens (tertiary/aromatic N) is 2. The Hall–Kier alpha value is -3.43. The molecule has 0 unspecified atom stereocenters. The van der Waals surface area contributed by atoms with Crippen molar-refractivity contribution in [2.75, 3.05) is 32.7 Å². The van der Waals surface area contributed by atoms with E-state index in [1.807, 2.05) is 0 Å². The van der Waals surface area contributed by atoms with Crippen molar-refractivity contribution in [2.45, 2.75) is 6.18 Å². The number of piperazine rings is 1. The Bertz CT molecular complexity index is 969. The molecule has 0 bridgehead atoms. The van der Waals surface area contributed by atoms with Crippen molar-refractivity contribution in [2.24, 2.45) is 0 Å². The Balaban J connectivity index is 1.49. The van der Waals surface area contributed by atoms with Crippen molar-refractivity contribution in [3.63, 3.8) is 0 Å². The van der Waals surface area contributed by atoms with E-state index in [1.54, 1.807) is 0 Å². The lowest BCUT2D eigenvalue weighted by atomic mass is 10.1. The molecular weight excluding hydrogens is 418 g/mol. The first kappa shape index (κ1) is 22.3. The Kier molecular flexibility index (Phi) is 6.57. The van der Waals surface area contributed by atoms with Gasteiger partial charge in [0.25, 0.3) is 11.8 Å². The van der Waals surface area contributed by atoms with E-state index in [-0.39, 0.29) is 49.8 Å². The zero-order chi connectivity index (χ0) is 22.6. The third-order valence-electron chi connectivity index (χ3n) is 4.90. The number of nitrogens with one attached hydrogen (secondary N) is 1. The van der Waals surface area contributed by atoms with Crippen LogP contribution >= 0.6 is 0 Å². The van der Waals surface area contributed by atoms with Crippen LogP contribution in [-0.2, 0) is 11.0 Å². The second-order valence-corrected chi connectivity index (χ2v) is 6.91. The zero-order valence-electron chi connectivity index (χ0n) is 16.3. The third-order valence-corrected chi connectivity index (χ3v) is 4.90. The molecule has 2 aromatic carbocycles. The van der Waals surface area contributed by atoms with E-state index in [0.717, 1.165) is 30.3 Å². The monoisotopic (exact) mass is 437 g/mol. The number of rotatable bonds is 4. The van der Waals surface area contributed by atoms with E-state index in [9.17, 15) is 31.9 Å². The van der Waals surface area contributed by atoms with Crippen LogP contribution in [0.5, 0.6) is 0 Å². The second kappa shape index (κ2) is 9.15. The highest BCUT2D eigenvalue weighted by Crippen LogP contribution is 2.29. The number of halogens is 4. The second-order valence-electron chi connectivity index (χ2n) is 6.91. The molecule has 1 heterocycles. The molecule has 164 valence electrons. The maximum atomic E-state index is 13.6. The van der Waals surface area contributed by atoms with E-state index in [2.05, 4.69) is 5.32 Å². The van der Waals surface area contributed by atoms with Crippen molar-refractivity contribution in [1.29, 1.82) is 0 Å². The first-order valence-corrected chi connectivity index (χ1v) is 9.44. The van der Waals surface area contributed by atoms with Crippen molar-refractivity contribution in [3.8, 4) is 0 Å². The largest absolute Gasteiger partial charge is 0.416 e. The van der Waals surface area contributed by atoms with Crippen LogP contribution in [0, 0.1) is 5.82 Å². The summed E-state index contributed by atoms with van der Waals surface area (Å²) in [6.45, 7) is 0.501. The summed E-state index contributed by atoms with van der Waals surface area (Å²) < 4.78 is 51.5. The number of carbonyl (C=O) groups is 3. The summed E-state index contributed by atoms with van der Waals surface area (Å²) in [4.78, 5) is 39.7. The Morgan fingerprint density at radius 2 is 1.45 bits per heavy atom. The molecule has 0 spiro atoms. The van der Waals surface area contributed by atoms with Crippen molar-refractivity contribution >= 4 is 17.7 Å². The summed E-state index contributed by atoms with van der Waals surface area (Å²) in [6.07, 6.45) is -4.48. The number of hydrogen-bond donors (Lipinski definition) is 1. The maximum Gasteiger partial charge on any atom is 0.416 e. The molecule has 1 aliphatic heterocycles. The molecule has 10 heteroatoms. The molecule has 1 fully saturated rings. The molecule has 3 amide bonds. The van der Waals surface area contributed by atoms with Gasteiger partial charge in [-0.25, -0.2) is 4.39 Å². The summed E-state index contributed by atoms with van der Waals surface area (Å²) in [5, 5.41) is 2.37. The number of carbonyl (C=O) groups excluding carboxylic acids is 3. The lowest BCUT2D eigenvalue weighted by molar-refractivity contribution is -0.137. The first-order valence-electron chi connectivity index (χ1n) is 9.44. The van der Waals surface area contributed by atoms with Gasteiger partial charge in [-0.3, -0.25) is 14.4 Å². The first-order chi connectivity index (χ1) is 14.7. The standard InChI is InChI=1S/C21H19F4N3O3/c22-17-4-2-1-3-16(17)19(30)26-13-18(29)27-9-11-28(12-10-27)20(31)14-5-7-15(8-6-14)21(23,24)25/h1-8H,9-13H2,(H,26,30). The predicted molar refractivity (Wildman–Crippen MR) is 103 cm³/mol. The quantitative estimate of drug-likeness (QED) is 0.748. The van der Waals surface area contributed by atoms with Gasteiger partial charge in [-0.05, 0) is 36.4 Å². The molecule has 1 saturated heterocycles. The number of benzene rings is 2. The van der Waals surface area contributed by atoms with Gasteiger partial charge >= 0.3 is 6.18 Å². The molecule has 6 nitrogen and oxygen atoms in total. The van der Waals surface area contributed by atoms with Crippen LogP contribution < -0.4 is 5.32 Å². The third kappa shape index (κ3) is 5.39. The number of alkyl halides is 3. The van der Waals surface area contributed by atoms with Gasteiger partial charge in [-0.15, -0.1) is 0 Å². The molecule has 1 aliphatic rings. The molecular formula is C21H19F4N3O3. The SMILES string of the molecule is O=C(NCC(=O)N1CCN(C(=O)c2ccc(C(F)(F)F)cc2)CC1)c1ccccc1F. The highest BCUT2D eigenvalue weighted by atomic mass is 19.4. The average Bonchev–Trinajstić information content (AvgIpc) is 2.76. The summed E-state index contributed by atoms with van der Waals surface area (Å²) in [5.74, 6) is -2.20. The van der Waals surface area contributed by atoms with Gasteiger partial charge in [0.15, 0.2) is 0 Å². The van der Waals surface area contributed by atoms with Crippen LogP contribution in [0.15, 0.2) is 48.5 Å². The van der Waals surface area contributed by atoms with E-state index in [4.69, 9.17) is 0 Å². The van der Waals surface area contributed by atoms with Crippen molar-refractivity contribution in [1.82, 2.24) is 15.1 Å². The van der Waals surface area contributed by atoms with E-state index >= 15 is 0 Å². The minimum atomic E-state index is -4.48. The van der Waals surface area contributed by atoms with Crippen LogP contribution in [0.4, 0.5) is 17.6 Å². The number of amides is 3. The van der Waals surface area contributed by atoms with Crippen LogP contribution in [0.25, 0.3) is 0 Å². The fourth-order valence-electron chi connectivity index (χ4n) is 3.15. The summed E-state index contributed by atoms with van der Waals surface area (Å²) >= 11 is 0. The minimum Gasteiger partial charge on any atom is -0.343 e. The van der Waals surface area contributed by atoms with Gasteiger partial charge in [0.1, 0.15) is 5.82 Å². The molecule has 0 aromatic heterocycles. The predicted octanol–water partition coefficient (Wildman–Crippen LogP) is 2.56. The molecule has 1 N–H and O–H groups in total. The Morgan fingerprint density at radius 1 is 0.871 bits per heavy atom. The lowest BCUT2D eigenvalue weighted by Gasteiger charge is -2.35. The van der Waals surface area contributed by atoms with Crippen LogP contribution in [-0.4, -0.2) is 60.2 Å². The van der Waals surface area contributed by atoms with Gasteiger partial charge in [-0.1, -0.05) is 12.1 Å². The molecule has 0 radical (unpaired) electrons. The molecule has 31 heavy (non-hydrogen) atoms. The Morgan fingerprint density at radius 3 is 2.03 bits per heavy atom. The molecule has 0 saturated carbocycles. The fraction of sp³-hybridized carbons (Fsp3) is 0.286. The maximum absolute atomic E-state index is 13.6. The van der Waals surface area contributed by atoms with E-state index in [1.165, 1.54) is 28.0 Å². The summed E-state index contributed by atoms with van der Waals surface area (Å²) in [5.41, 5.74) is -0.871. The lowest BCUT2D eigenvalue weighted by Crippen LogP contribution is -2.52. The van der Waals surface area contributed by atoms with Crippen molar-refractivity contribution in [3.05, 3.63) is 71.0 Å². The highest BCUT2D eigenvalue weighted by molar-refractivity contribution is 5.97. The van der Waals surface area contributed by atoms with Gasteiger partial charge in [0.05, 0.1) is 17.7 Å². The van der Waals surface area contributed by atoms with Crippen LogP contribution in [0.2, 0.25) is 0 Å². The molecule has 2 aromatic rings. The van der Waals surface area contributed by atoms with Gasteiger partial charge in [-0.2, -0.15) is 13.2 Å². The van der Waals surface area contributed by atoms with Crippen molar-refractivity contribution < 1.29 is 31.9 Å².